The van der Waals surface area contributed by atoms with Crippen LogP contribution in [0.4, 0.5) is 0 Å². The molecule has 21 heavy (non-hydrogen) atoms. The number of hydrogen-bond acceptors (Lipinski definition) is 5. The lowest BCUT2D eigenvalue weighted by atomic mass is 10.2. The number of aliphatic hydroxyl groups excluding tert-OH is 1. The van der Waals surface area contributed by atoms with Gasteiger partial charge >= 0.3 is 5.97 Å². The van der Waals surface area contributed by atoms with Gasteiger partial charge in [0.2, 0.25) is 10.0 Å². The van der Waals surface area contributed by atoms with Gasteiger partial charge < -0.3 is 10.2 Å². The summed E-state index contributed by atoms with van der Waals surface area (Å²) in [4.78, 5) is 10.9. The molecule has 0 aliphatic heterocycles. The molecular formula is C13H21NO5S2. The maximum absolute atomic E-state index is 12.8. The number of sulfonamides is 1. The van der Waals surface area contributed by atoms with Crippen molar-refractivity contribution < 1.29 is 23.4 Å². The van der Waals surface area contributed by atoms with Gasteiger partial charge in [0.05, 0.1) is 6.61 Å². The Morgan fingerprint density at radius 3 is 2.38 bits per heavy atom. The number of aryl methyl sites for hydroxylation is 1. The molecular weight excluding hydrogens is 314 g/mol. The van der Waals surface area contributed by atoms with Gasteiger partial charge in [0, 0.05) is 12.6 Å². The lowest BCUT2D eigenvalue weighted by Gasteiger charge is -2.29. The summed E-state index contributed by atoms with van der Waals surface area (Å²) in [6.45, 7) is 4.98. The van der Waals surface area contributed by atoms with E-state index in [-0.39, 0.29) is 29.0 Å². The van der Waals surface area contributed by atoms with Crippen LogP contribution >= 0.6 is 11.3 Å². The lowest BCUT2D eigenvalue weighted by Crippen LogP contribution is -2.42. The molecule has 120 valence electrons. The van der Waals surface area contributed by atoms with Gasteiger partial charge in [0.15, 0.2) is 0 Å². The molecule has 0 aromatic carbocycles. The molecule has 0 unspecified atom stereocenters. The van der Waals surface area contributed by atoms with Crippen LogP contribution in [0.2, 0.25) is 0 Å². The number of carboxylic acids is 1. The minimum absolute atomic E-state index is 0.0387. The molecule has 1 aromatic heterocycles. The summed E-state index contributed by atoms with van der Waals surface area (Å²) in [6.07, 6.45) is 1.20. The Kier molecular flexibility index (Phi) is 6.33. The predicted octanol–water partition coefficient (Wildman–Crippen LogP) is 1.93. The van der Waals surface area contributed by atoms with Crippen molar-refractivity contribution in [2.24, 2.45) is 0 Å². The second-order valence-electron chi connectivity index (χ2n) is 4.69. The third kappa shape index (κ3) is 3.63. The van der Waals surface area contributed by atoms with E-state index in [1.54, 1.807) is 6.92 Å². The monoisotopic (exact) mass is 335 g/mol. The van der Waals surface area contributed by atoms with Crippen LogP contribution in [0.3, 0.4) is 0 Å². The Hall–Kier alpha value is -0.960. The summed E-state index contributed by atoms with van der Waals surface area (Å²) >= 11 is 0.906. The zero-order valence-electron chi connectivity index (χ0n) is 12.4. The Balaban J connectivity index is 3.42. The molecule has 1 aromatic rings. The fourth-order valence-electron chi connectivity index (χ4n) is 2.31. The number of carboxylic acid groups (broad SMARTS) is 1. The van der Waals surface area contributed by atoms with Gasteiger partial charge in [-0.3, -0.25) is 0 Å². The Bertz CT molecular complexity index is 590. The highest BCUT2D eigenvalue weighted by Crippen LogP contribution is 2.31. The quantitative estimate of drug-likeness (QED) is 0.757. The number of rotatable bonds is 8. The third-order valence-corrected chi connectivity index (χ3v) is 6.70. The topological polar surface area (TPSA) is 94.9 Å². The second-order valence-corrected chi connectivity index (χ2v) is 7.40. The van der Waals surface area contributed by atoms with Crippen LogP contribution in [0.15, 0.2) is 10.3 Å². The molecule has 8 heteroatoms. The highest BCUT2D eigenvalue weighted by atomic mass is 32.2. The number of carbonyl (C=O) groups is 1. The molecule has 0 atom stereocenters. The van der Waals surface area contributed by atoms with Gasteiger partial charge in [-0.25, -0.2) is 13.2 Å². The van der Waals surface area contributed by atoms with Crippen LogP contribution in [0.1, 0.15) is 41.9 Å². The zero-order valence-corrected chi connectivity index (χ0v) is 14.0. The third-order valence-electron chi connectivity index (χ3n) is 3.35. The smallest absolute Gasteiger partial charge is 0.347 e. The number of aromatic carboxylic acids is 1. The van der Waals surface area contributed by atoms with Gasteiger partial charge in [-0.05, 0) is 30.7 Å². The summed E-state index contributed by atoms with van der Waals surface area (Å²) < 4.78 is 26.9. The summed E-state index contributed by atoms with van der Waals surface area (Å²) in [5.41, 5.74) is 0.422. The number of thiophene rings is 1. The fraction of sp³-hybridized carbons (Fsp3) is 0.615. The van der Waals surface area contributed by atoms with Gasteiger partial charge in [-0.2, -0.15) is 4.31 Å². The molecule has 1 rings (SSSR count). The molecule has 0 radical (unpaired) electrons. The first kappa shape index (κ1) is 18.1. The lowest BCUT2D eigenvalue weighted by molar-refractivity contribution is 0.0698. The van der Waals surface area contributed by atoms with E-state index in [0.717, 1.165) is 11.3 Å². The van der Waals surface area contributed by atoms with Crippen LogP contribution in [0.25, 0.3) is 0 Å². The van der Waals surface area contributed by atoms with Crippen LogP contribution in [0, 0.1) is 6.92 Å². The van der Waals surface area contributed by atoms with E-state index in [9.17, 15) is 18.3 Å². The van der Waals surface area contributed by atoms with Crippen molar-refractivity contribution in [2.45, 2.75) is 44.6 Å². The highest BCUT2D eigenvalue weighted by molar-refractivity contribution is 7.89. The van der Waals surface area contributed by atoms with Crippen molar-refractivity contribution in [1.82, 2.24) is 4.31 Å². The van der Waals surface area contributed by atoms with E-state index < -0.39 is 16.0 Å². The minimum atomic E-state index is -3.95. The summed E-state index contributed by atoms with van der Waals surface area (Å²) in [6, 6.07) is -0.261. The summed E-state index contributed by atoms with van der Waals surface area (Å²) in [5.74, 6) is -1.25. The highest BCUT2D eigenvalue weighted by Gasteiger charge is 2.35. The van der Waals surface area contributed by atoms with Crippen LogP contribution < -0.4 is 0 Å². The first-order valence-corrected chi connectivity index (χ1v) is 9.07. The second kappa shape index (κ2) is 7.35. The summed E-state index contributed by atoms with van der Waals surface area (Å²) in [5, 5.41) is 19.9. The maximum Gasteiger partial charge on any atom is 0.347 e. The molecule has 0 bridgehead atoms. The van der Waals surface area contributed by atoms with E-state index in [4.69, 9.17) is 5.11 Å². The van der Waals surface area contributed by atoms with Gasteiger partial charge in [-0.1, -0.05) is 13.8 Å². The molecule has 0 aliphatic rings. The Morgan fingerprint density at radius 1 is 1.38 bits per heavy atom. The first-order chi connectivity index (χ1) is 9.81. The van der Waals surface area contributed by atoms with E-state index >= 15 is 0 Å². The van der Waals surface area contributed by atoms with E-state index in [1.807, 2.05) is 13.8 Å². The first-order valence-electron chi connectivity index (χ1n) is 6.75. The van der Waals surface area contributed by atoms with Crippen LogP contribution in [-0.2, 0) is 10.0 Å². The molecule has 0 aliphatic carbocycles. The van der Waals surface area contributed by atoms with Crippen molar-refractivity contribution in [3.8, 4) is 0 Å². The van der Waals surface area contributed by atoms with Gasteiger partial charge in [0.1, 0.15) is 9.77 Å². The van der Waals surface area contributed by atoms with E-state index in [2.05, 4.69) is 0 Å². The molecule has 1 heterocycles. The molecule has 0 saturated carbocycles. The normalized spacial score (nSPS) is 12.3. The largest absolute Gasteiger partial charge is 0.477 e. The van der Waals surface area contributed by atoms with Crippen molar-refractivity contribution in [3.63, 3.8) is 0 Å². The number of hydrogen-bond donors (Lipinski definition) is 2. The van der Waals surface area contributed by atoms with Crippen molar-refractivity contribution in [2.75, 3.05) is 13.2 Å². The predicted molar refractivity (Wildman–Crippen MR) is 81.4 cm³/mol. The van der Waals surface area contributed by atoms with Crippen molar-refractivity contribution in [3.05, 3.63) is 15.8 Å². The molecule has 0 spiro atoms. The van der Waals surface area contributed by atoms with Crippen molar-refractivity contribution >= 4 is 27.3 Å². The van der Waals surface area contributed by atoms with Crippen molar-refractivity contribution in [1.29, 1.82) is 0 Å². The van der Waals surface area contributed by atoms with Crippen LogP contribution in [-0.4, -0.2) is 48.1 Å². The SMILES string of the molecule is CCC(CC)N(CCO)S(=O)(=O)c1c(C)csc1C(=O)O. The average Bonchev–Trinajstić information content (AvgIpc) is 2.82. The molecule has 0 saturated heterocycles. The zero-order chi connectivity index (χ0) is 16.2. The fourth-order valence-corrected chi connectivity index (χ4v) is 5.66. The standard InChI is InChI=1S/C13H21NO5S2/c1-4-10(5-2)14(6-7-15)21(18,19)12-9(3)8-20-11(12)13(16)17/h8,10,15H,4-7H2,1-3H3,(H,16,17). The number of aliphatic hydroxyl groups is 1. The molecule has 0 fully saturated rings. The maximum atomic E-state index is 12.8. The summed E-state index contributed by atoms with van der Waals surface area (Å²) in [7, 11) is -3.95. The van der Waals surface area contributed by atoms with Crippen LogP contribution in [0.5, 0.6) is 0 Å². The number of nitrogens with zero attached hydrogens (tertiary/aromatic N) is 1. The molecule has 0 amide bonds. The average molecular weight is 335 g/mol. The minimum Gasteiger partial charge on any atom is -0.477 e. The Morgan fingerprint density at radius 2 is 1.95 bits per heavy atom. The van der Waals surface area contributed by atoms with Gasteiger partial charge in [0.25, 0.3) is 0 Å². The van der Waals surface area contributed by atoms with Gasteiger partial charge in [-0.15, -0.1) is 11.3 Å². The Labute approximate surface area is 129 Å². The van der Waals surface area contributed by atoms with E-state index in [0.29, 0.717) is 18.4 Å². The van der Waals surface area contributed by atoms with E-state index in [1.165, 1.54) is 9.69 Å². The molecule has 6 nitrogen and oxygen atoms in total. The molecule has 2 N–H and O–H groups in total.